The first kappa shape index (κ1) is 11.6. The van der Waals surface area contributed by atoms with Gasteiger partial charge in [0.15, 0.2) is 0 Å². The predicted molar refractivity (Wildman–Crippen MR) is 75.7 cm³/mol. The molecule has 0 unspecified atom stereocenters. The van der Waals surface area contributed by atoms with Crippen LogP contribution in [-0.2, 0) is 6.42 Å². The number of fused-ring (bicyclic) bond motifs is 2. The lowest BCUT2D eigenvalue weighted by Crippen LogP contribution is -2.02. The fourth-order valence-electron chi connectivity index (χ4n) is 2.18. The number of aliphatic hydroxyl groups is 1. The Morgan fingerprint density at radius 2 is 1.83 bits per heavy atom. The van der Waals surface area contributed by atoms with Crippen LogP contribution in [0.5, 0.6) is 0 Å². The predicted octanol–water partition coefficient (Wildman–Crippen LogP) is 3.82. The van der Waals surface area contributed by atoms with Crippen LogP contribution in [-0.4, -0.2) is 11.7 Å². The molecule has 0 saturated carbocycles. The highest BCUT2D eigenvalue weighted by molar-refractivity contribution is 7.99. The van der Waals surface area contributed by atoms with Crippen LogP contribution in [0.2, 0.25) is 0 Å². The van der Waals surface area contributed by atoms with Crippen LogP contribution >= 0.6 is 11.8 Å². The lowest BCUT2D eigenvalue weighted by Gasteiger charge is -2.22. The van der Waals surface area contributed by atoms with Gasteiger partial charge >= 0.3 is 0 Å². The number of nitrogens with one attached hydrogen (secondary N) is 1. The van der Waals surface area contributed by atoms with E-state index in [0.717, 1.165) is 12.8 Å². The Hall–Kier alpha value is -1.45. The standard InChI is InChI=1S/C15H15NOS/c17-10-4-6-11-5-3-8-13-15(11)18-14-9-2-1-7-12(14)16-13/h1-3,5,7-9,16-17H,4,6,10H2. The summed E-state index contributed by atoms with van der Waals surface area (Å²) >= 11 is 1.82. The average molecular weight is 257 g/mol. The van der Waals surface area contributed by atoms with Crippen LogP contribution in [0, 0.1) is 0 Å². The van der Waals surface area contributed by atoms with E-state index in [-0.39, 0.29) is 6.61 Å². The number of anilines is 2. The highest BCUT2D eigenvalue weighted by Crippen LogP contribution is 2.45. The van der Waals surface area contributed by atoms with Gasteiger partial charge in [0, 0.05) is 16.4 Å². The fraction of sp³-hybridized carbons (Fsp3) is 0.200. The molecule has 2 N–H and O–H groups in total. The zero-order valence-corrected chi connectivity index (χ0v) is 10.8. The number of aliphatic hydroxyl groups excluding tert-OH is 1. The second-order valence-corrected chi connectivity index (χ2v) is 5.40. The quantitative estimate of drug-likeness (QED) is 0.748. The van der Waals surface area contributed by atoms with Crippen molar-refractivity contribution in [3.63, 3.8) is 0 Å². The van der Waals surface area contributed by atoms with E-state index in [4.69, 9.17) is 5.11 Å². The van der Waals surface area contributed by atoms with Crippen molar-refractivity contribution in [2.45, 2.75) is 22.6 Å². The molecule has 1 aliphatic heterocycles. The smallest absolute Gasteiger partial charge is 0.0529 e. The Labute approximate surface area is 111 Å². The SMILES string of the molecule is OCCCc1cccc2c1Sc1ccccc1N2. The Balaban J connectivity index is 1.97. The highest BCUT2D eigenvalue weighted by Gasteiger charge is 2.17. The second kappa shape index (κ2) is 5.04. The third-order valence-electron chi connectivity index (χ3n) is 3.07. The third-order valence-corrected chi connectivity index (χ3v) is 4.33. The molecule has 92 valence electrons. The molecule has 0 aliphatic carbocycles. The van der Waals surface area contributed by atoms with Crippen molar-refractivity contribution in [1.29, 1.82) is 0 Å². The second-order valence-electron chi connectivity index (χ2n) is 4.34. The summed E-state index contributed by atoms with van der Waals surface area (Å²) in [5.41, 5.74) is 3.66. The number of hydrogen-bond acceptors (Lipinski definition) is 3. The minimum Gasteiger partial charge on any atom is -0.396 e. The van der Waals surface area contributed by atoms with Crippen LogP contribution in [0.15, 0.2) is 52.3 Å². The van der Waals surface area contributed by atoms with Gasteiger partial charge in [-0.05, 0) is 36.6 Å². The first-order chi connectivity index (χ1) is 8.88. The summed E-state index contributed by atoms with van der Waals surface area (Å²) in [6.45, 7) is 0.248. The van der Waals surface area contributed by atoms with Crippen LogP contribution in [0.25, 0.3) is 0 Å². The molecule has 0 atom stereocenters. The molecule has 18 heavy (non-hydrogen) atoms. The minimum atomic E-state index is 0.248. The summed E-state index contributed by atoms with van der Waals surface area (Å²) in [5, 5.41) is 12.4. The molecule has 0 aromatic heterocycles. The van der Waals surface area contributed by atoms with E-state index in [2.05, 4.69) is 41.7 Å². The van der Waals surface area contributed by atoms with Crippen molar-refractivity contribution in [2.75, 3.05) is 11.9 Å². The maximum atomic E-state index is 8.97. The van der Waals surface area contributed by atoms with Crippen LogP contribution in [0.1, 0.15) is 12.0 Å². The van der Waals surface area contributed by atoms with E-state index in [0.29, 0.717) is 0 Å². The number of benzene rings is 2. The maximum Gasteiger partial charge on any atom is 0.0529 e. The Morgan fingerprint density at radius 1 is 1.00 bits per heavy atom. The first-order valence-electron chi connectivity index (χ1n) is 6.15. The summed E-state index contributed by atoms with van der Waals surface area (Å²) in [4.78, 5) is 2.56. The minimum absolute atomic E-state index is 0.248. The van der Waals surface area contributed by atoms with Crippen molar-refractivity contribution in [3.8, 4) is 0 Å². The molecule has 1 aliphatic rings. The van der Waals surface area contributed by atoms with Crippen molar-refractivity contribution < 1.29 is 5.11 Å². The first-order valence-corrected chi connectivity index (χ1v) is 6.97. The van der Waals surface area contributed by atoms with E-state index in [1.54, 1.807) is 0 Å². The molecule has 0 amide bonds. The molecule has 2 aromatic carbocycles. The van der Waals surface area contributed by atoms with E-state index in [1.807, 2.05) is 17.8 Å². The van der Waals surface area contributed by atoms with Gasteiger partial charge in [0.1, 0.15) is 0 Å². The van der Waals surface area contributed by atoms with Gasteiger partial charge in [-0.2, -0.15) is 0 Å². The van der Waals surface area contributed by atoms with Crippen molar-refractivity contribution in [1.82, 2.24) is 0 Å². The highest BCUT2D eigenvalue weighted by atomic mass is 32.2. The largest absolute Gasteiger partial charge is 0.396 e. The summed E-state index contributed by atoms with van der Waals surface area (Å²) in [6, 6.07) is 14.7. The van der Waals surface area contributed by atoms with Crippen molar-refractivity contribution in [2.24, 2.45) is 0 Å². The number of aryl methyl sites for hydroxylation is 1. The van der Waals surface area contributed by atoms with Crippen LogP contribution in [0.4, 0.5) is 11.4 Å². The molecule has 0 radical (unpaired) electrons. The molecule has 1 heterocycles. The Bertz CT molecular complexity index is 568. The molecular formula is C15H15NOS. The van der Waals surface area contributed by atoms with E-state index >= 15 is 0 Å². The third kappa shape index (κ3) is 2.11. The number of rotatable bonds is 3. The number of para-hydroxylation sites is 1. The zero-order valence-electron chi connectivity index (χ0n) is 10.0. The van der Waals surface area contributed by atoms with E-state index in [9.17, 15) is 0 Å². The zero-order chi connectivity index (χ0) is 12.4. The molecular weight excluding hydrogens is 242 g/mol. The van der Waals surface area contributed by atoms with E-state index in [1.165, 1.54) is 26.7 Å². The maximum absolute atomic E-state index is 8.97. The fourth-order valence-corrected chi connectivity index (χ4v) is 3.31. The lowest BCUT2D eigenvalue weighted by atomic mass is 10.1. The van der Waals surface area contributed by atoms with Gasteiger partial charge in [-0.15, -0.1) is 0 Å². The van der Waals surface area contributed by atoms with Gasteiger partial charge < -0.3 is 10.4 Å². The summed E-state index contributed by atoms with van der Waals surface area (Å²) in [5.74, 6) is 0. The molecule has 0 spiro atoms. The van der Waals surface area contributed by atoms with Gasteiger partial charge in [0.25, 0.3) is 0 Å². The summed E-state index contributed by atoms with van der Waals surface area (Å²) < 4.78 is 0. The monoisotopic (exact) mass is 257 g/mol. The molecule has 2 nitrogen and oxygen atoms in total. The van der Waals surface area contributed by atoms with Gasteiger partial charge in [0.05, 0.1) is 11.4 Å². The molecule has 3 rings (SSSR count). The van der Waals surface area contributed by atoms with Crippen molar-refractivity contribution >= 4 is 23.1 Å². The average Bonchev–Trinajstić information content (AvgIpc) is 2.43. The topological polar surface area (TPSA) is 32.3 Å². The Kier molecular flexibility index (Phi) is 3.26. The molecule has 3 heteroatoms. The molecule has 0 bridgehead atoms. The van der Waals surface area contributed by atoms with Gasteiger partial charge in [-0.3, -0.25) is 0 Å². The normalized spacial score (nSPS) is 12.5. The van der Waals surface area contributed by atoms with Crippen LogP contribution in [0.3, 0.4) is 0 Å². The van der Waals surface area contributed by atoms with Crippen molar-refractivity contribution in [3.05, 3.63) is 48.0 Å². The molecule has 2 aromatic rings. The van der Waals surface area contributed by atoms with E-state index < -0.39 is 0 Å². The summed E-state index contributed by atoms with van der Waals surface area (Å²) in [6.07, 6.45) is 1.75. The van der Waals surface area contributed by atoms with Crippen LogP contribution < -0.4 is 5.32 Å². The molecule has 0 saturated heterocycles. The molecule has 0 fully saturated rings. The number of hydrogen-bond donors (Lipinski definition) is 2. The van der Waals surface area contributed by atoms with Gasteiger partial charge in [-0.25, -0.2) is 0 Å². The van der Waals surface area contributed by atoms with Gasteiger partial charge in [-0.1, -0.05) is 36.0 Å². The Morgan fingerprint density at radius 3 is 2.72 bits per heavy atom. The summed E-state index contributed by atoms with van der Waals surface area (Å²) in [7, 11) is 0. The van der Waals surface area contributed by atoms with Gasteiger partial charge in [0.2, 0.25) is 0 Å². The lowest BCUT2D eigenvalue weighted by molar-refractivity contribution is 0.288.